The molecule has 1 N–H and O–H groups in total. The third kappa shape index (κ3) is 4.67. The maximum atomic E-state index is 5.70. The van der Waals surface area contributed by atoms with Crippen LogP contribution in [0, 0.1) is 6.92 Å². The number of aryl methyl sites for hydroxylation is 1. The van der Waals surface area contributed by atoms with Gasteiger partial charge in [-0.05, 0) is 45.4 Å². The van der Waals surface area contributed by atoms with Crippen LogP contribution in [-0.2, 0) is 4.74 Å². The average Bonchev–Trinajstić information content (AvgIpc) is 2.36. The van der Waals surface area contributed by atoms with E-state index >= 15 is 0 Å². The van der Waals surface area contributed by atoms with E-state index in [1.807, 2.05) is 6.92 Å². The SMILES string of the molecule is CCCNC(C)c1ccc(C)cc1OCOCC. The highest BCUT2D eigenvalue weighted by Crippen LogP contribution is 2.26. The van der Waals surface area contributed by atoms with E-state index in [0.717, 1.165) is 18.7 Å². The third-order valence-electron chi connectivity index (χ3n) is 2.84. The lowest BCUT2D eigenvalue weighted by Gasteiger charge is -2.18. The molecular formula is C15H25NO2. The first-order valence-corrected chi connectivity index (χ1v) is 6.73. The van der Waals surface area contributed by atoms with Gasteiger partial charge in [0, 0.05) is 18.2 Å². The quantitative estimate of drug-likeness (QED) is 0.567. The Kier molecular flexibility index (Phi) is 6.76. The van der Waals surface area contributed by atoms with Crippen molar-refractivity contribution in [3.05, 3.63) is 29.3 Å². The van der Waals surface area contributed by atoms with Gasteiger partial charge in [0.25, 0.3) is 0 Å². The van der Waals surface area contributed by atoms with E-state index in [1.165, 1.54) is 11.1 Å². The summed E-state index contributed by atoms with van der Waals surface area (Å²) in [5.74, 6) is 0.916. The normalized spacial score (nSPS) is 12.4. The van der Waals surface area contributed by atoms with Crippen LogP contribution in [0.4, 0.5) is 0 Å². The maximum Gasteiger partial charge on any atom is 0.189 e. The number of hydrogen-bond donors (Lipinski definition) is 1. The highest BCUT2D eigenvalue weighted by molar-refractivity contribution is 5.39. The van der Waals surface area contributed by atoms with Crippen molar-refractivity contribution in [2.45, 2.75) is 40.2 Å². The first-order valence-electron chi connectivity index (χ1n) is 6.73. The van der Waals surface area contributed by atoms with E-state index in [-0.39, 0.29) is 0 Å². The molecule has 0 radical (unpaired) electrons. The fourth-order valence-electron chi connectivity index (χ4n) is 1.78. The van der Waals surface area contributed by atoms with Gasteiger partial charge in [0.15, 0.2) is 6.79 Å². The molecule has 0 spiro atoms. The summed E-state index contributed by atoms with van der Waals surface area (Å²) < 4.78 is 10.9. The van der Waals surface area contributed by atoms with Crippen molar-refractivity contribution in [3.63, 3.8) is 0 Å². The summed E-state index contributed by atoms with van der Waals surface area (Å²) in [6, 6.07) is 6.61. The van der Waals surface area contributed by atoms with Crippen LogP contribution < -0.4 is 10.1 Å². The van der Waals surface area contributed by atoms with Gasteiger partial charge in [-0.3, -0.25) is 0 Å². The van der Waals surface area contributed by atoms with Gasteiger partial charge in [-0.2, -0.15) is 0 Å². The molecule has 18 heavy (non-hydrogen) atoms. The van der Waals surface area contributed by atoms with Crippen molar-refractivity contribution in [2.75, 3.05) is 19.9 Å². The Labute approximate surface area is 110 Å². The lowest BCUT2D eigenvalue weighted by Crippen LogP contribution is -2.20. The summed E-state index contributed by atoms with van der Waals surface area (Å²) >= 11 is 0. The third-order valence-corrected chi connectivity index (χ3v) is 2.84. The van der Waals surface area contributed by atoms with Crippen molar-refractivity contribution >= 4 is 0 Å². The summed E-state index contributed by atoms with van der Waals surface area (Å²) in [6.45, 7) is 10.4. The standard InChI is InChI=1S/C15H25NO2/c1-5-9-16-13(4)14-8-7-12(3)10-15(14)18-11-17-6-2/h7-8,10,13,16H,5-6,9,11H2,1-4H3. The van der Waals surface area contributed by atoms with E-state index in [4.69, 9.17) is 9.47 Å². The van der Waals surface area contributed by atoms with E-state index in [9.17, 15) is 0 Å². The minimum absolute atomic E-state index is 0.294. The van der Waals surface area contributed by atoms with Gasteiger partial charge in [0.05, 0.1) is 0 Å². The molecule has 0 saturated heterocycles. The van der Waals surface area contributed by atoms with Gasteiger partial charge < -0.3 is 14.8 Å². The average molecular weight is 251 g/mol. The molecular weight excluding hydrogens is 226 g/mol. The summed E-state index contributed by atoms with van der Waals surface area (Å²) in [4.78, 5) is 0. The molecule has 1 unspecified atom stereocenters. The minimum Gasteiger partial charge on any atom is -0.467 e. The van der Waals surface area contributed by atoms with Gasteiger partial charge in [0.1, 0.15) is 5.75 Å². The molecule has 0 aliphatic carbocycles. The predicted octanol–water partition coefficient (Wildman–Crippen LogP) is 3.43. The van der Waals surface area contributed by atoms with Crippen molar-refractivity contribution in [1.29, 1.82) is 0 Å². The summed E-state index contributed by atoms with van der Waals surface area (Å²) in [6.07, 6.45) is 1.13. The van der Waals surface area contributed by atoms with Gasteiger partial charge in [-0.25, -0.2) is 0 Å². The monoisotopic (exact) mass is 251 g/mol. The molecule has 1 atom stereocenters. The van der Waals surface area contributed by atoms with Crippen LogP contribution in [0.15, 0.2) is 18.2 Å². The zero-order chi connectivity index (χ0) is 13.4. The largest absolute Gasteiger partial charge is 0.467 e. The Balaban J connectivity index is 2.74. The summed E-state index contributed by atoms with van der Waals surface area (Å²) in [5, 5.41) is 3.48. The predicted molar refractivity (Wildman–Crippen MR) is 75.0 cm³/mol. The van der Waals surface area contributed by atoms with Crippen LogP contribution in [0.25, 0.3) is 0 Å². The number of nitrogens with one attached hydrogen (secondary N) is 1. The van der Waals surface area contributed by atoms with Gasteiger partial charge in [0.2, 0.25) is 0 Å². The maximum absolute atomic E-state index is 5.70. The van der Waals surface area contributed by atoms with Crippen LogP contribution >= 0.6 is 0 Å². The smallest absolute Gasteiger partial charge is 0.189 e. The number of rotatable bonds is 8. The van der Waals surface area contributed by atoms with Crippen molar-refractivity contribution in [3.8, 4) is 5.75 Å². The van der Waals surface area contributed by atoms with E-state index in [1.54, 1.807) is 0 Å². The Morgan fingerprint density at radius 1 is 1.28 bits per heavy atom. The lowest BCUT2D eigenvalue weighted by molar-refractivity contribution is 0.0215. The van der Waals surface area contributed by atoms with Crippen molar-refractivity contribution < 1.29 is 9.47 Å². The lowest BCUT2D eigenvalue weighted by atomic mass is 10.0. The molecule has 1 aromatic rings. The molecule has 0 saturated carbocycles. The fraction of sp³-hybridized carbons (Fsp3) is 0.600. The number of benzene rings is 1. The highest BCUT2D eigenvalue weighted by atomic mass is 16.7. The molecule has 1 aromatic carbocycles. The van der Waals surface area contributed by atoms with Crippen LogP contribution in [0.5, 0.6) is 5.75 Å². The summed E-state index contributed by atoms with van der Waals surface area (Å²) in [7, 11) is 0. The molecule has 0 bridgehead atoms. The second-order valence-corrected chi connectivity index (χ2v) is 4.47. The molecule has 0 aliphatic rings. The topological polar surface area (TPSA) is 30.5 Å². The van der Waals surface area contributed by atoms with Crippen molar-refractivity contribution in [1.82, 2.24) is 5.32 Å². The van der Waals surface area contributed by atoms with E-state index in [0.29, 0.717) is 19.4 Å². The number of ether oxygens (including phenoxy) is 2. The van der Waals surface area contributed by atoms with E-state index in [2.05, 4.69) is 44.3 Å². The Morgan fingerprint density at radius 2 is 2.06 bits per heavy atom. The molecule has 0 aromatic heterocycles. The van der Waals surface area contributed by atoms with Gasteiger partial charge in [-0.1, -0.05) is 19.1 Å². The highest BCUT2D eigenvalue weighted by Gasteiger charge is 2.11. The van der Waals surface area contributed by atoms with Crippen LogP contribution in [0.3, 0.4) is 0 Å². The van der Waals surface area contributed by atoms with Crippen LogP contribution in [0.1, 0.15) is 44.4 Å². The molecule has 0 heterocycles. The van der Waals surface area contributed by atoms with Crippen LogP contribution in [0.2, 0.25) is 0 Å². The fourth-order valence-corrected chi connectivity index (χ4v) is 1.78. The number of hydrogen-bond acceptors (Lipinski definition) is 3. The molecule has 0 fully saturated rings. The van der Waals surface area contributed by atoms with Gasteiger partial charge >= 0.3 is 0 Å². The van der Waals surface area contributed by atoms with Crippen LogP contribution in [-0.4, -0.2) is 19.9 Å². The van der Waals surface area contributed by atoms with E-state index < -0.39 is 0 Å². The van der Waals surface area contributed by atoms with Crippen molar-refractivity contribution in [2.24, 2.45) is 0 Å². The zero-order valence-electron chi connectivity index (χ0n) is 12.0. The Hall–Kier alpha value is -1.06. The minimum atomic E-state index is 0.294. The molecule has 3 heteroatoms. The molecule has 1 rings (SSSR count). The second-order valence-electron chi connectivity index (χ2n) is 4.47. The molecule has 0 amide bonds. The first kappa shape index (κ1) is 15.0. The molecule has 102 valence electrons. The molecule has 0 aliphatic heterocycles. The Morgan fingerprint density at radius 3 is 2.72 bits per heavy atom. The molecule has 3 nitrogen and oxygen atoms in total. The summed E-state index contributed by atoms with van der Waals surface area (Å²) in [5.41, 5.74) is 2.39. The zero-order valence-corrected chi connectivity index (χ0v) is 12.0. The second kappa shape index (κ2) is 8.11. The Bertz CT molecular complexity index is 352. The first-order chi connectivity index (χ1) is 8.69. The van der Waals surface area contributed by atoms with Gasteiger partial charge in [-0.15, -0.1) is 0 Å².